The van der Waals surface area contributed by atoms with E-state index in [0.717, 1.165) is 0 Å². The second-order valence-corrected chi connectivity index (χ2v) is 8.92. The molecule has 5 rings (SSSR count). The number of ether oxygens (including phenoxy) is 1. The SMILES string of the molecule is Cc1cc(F)cc([C@H]2C[C@H](F)CN2C(=O)C2=NCc3ncnc(N[C@@H]4COC[C@@H](O)[C@H]4O)c32)c1. The fraction of sp³-hybridized carbons (Fsp3) is 0.478. The lowest BCUT2D eigenvalue weighted by Gasteiger charge is -2.33. The lowest BCUT2D eigenvalue weighted by atomic mass is 10.0. The van der Waals surface area contributed by atoms with Crippen molar-refractivity contribution in [1.29, 1.82) is 0 Å². The van der Waals surface area contributed by atoms with Gasteiger partial charge in [0.2, 0.25) is 0 Å². The van der Waals surface area contributed by atoms with Crippen molar-refractivity contribution >= 4 is 17.4 Å². The van der Waals surface area contributed by atoms with E-state index < -0.39 is 42.2 Å². The van der Waals surface area contributed by atoms with E-state index in [1.165, 1.54) is 23.4 Å². The number of rotatable bonds is 4. The average molecular weight is 473 g/mol. The van der Waals surface area contributed by atoms with Crippen LogP contribution in [0, 0.1) is 12.7 Å². The lowest BCUT2D eigenvalue weighted by molar-refractivity contribution is -0.125. The van der Waals surface area contributed by atoms with Gasteiger partial charge < -0.3 is 25.2 Å². The number of aryl methyl sites for hydroxylation is 1. The highest BCUT2D eigenvalue weighted by atomic mass is 19.1. The van der Waals surface area contributed by atoms with E-state index in [4.69, 9.17) is 4.74 Å². The fourth-order valence-electron chi connectivity index (χ4n) is 4.81. The zero-order valence-electron chi connectivity index (χ0n) is 18.5. The number of halogens is 2. The highest BCUT2D eigenvalue weighted by molar-refractivity contribution is 6.47. The average Bonchev–Trinajstić information content (AvgIpc) is 3.40. The molecule has 1 aromatic heterocycles. The summed E-state index contributed by atoms with van der Waals surface area (Å²) >= 11 is 0. The molecule has 0 aliphatic carbocycles. The smallest absolute Gasteiger partial charge is 0.273 e. The molecule has 3 aliphatic rings. The van der Waals surface area contributed by atoms with Crippen LogP contribution in [-0.2, 0) is 16.1 Å². The minimum absolute atomic E-state index is 0.0206. The third-order valence-corrected chi connectivity index (χ3v) is 6.43. The van der Waals surface area contributed by atoms with Crippen molar-refractivity contribution in [2.45, 2.75) is 50.4 Å². The molecular formula is C23H25F2N5O4. The number of aliphatic hydroxyl groups excluding tert-OH is 2. The van der Waals surface area contributed by atoms with Gasteiger partial charge in [-0.25, -0.2) is 18.7 Å². The van der Waals surface area contributed by atoms with Crippen molar-refractivity contribution in [3.8, 4) is 0 Å². The Morgan fingerprint density at radius 3 is 2.85 bits per heavy atom. The normalized spacial score (nSPS) is 28.6. The first-order valence-electron chi connectivity index (χ1n) is 11.1. The third kappa shape index (κ3) is 4.15. The molecular weight excluding hydrogens is 448 g/mol. The number of hydrogen-bond donors (Lipinski definition) is 3. The van der Waals surface area contributed by atoms with E-state index in [-0.39, 0.29) is 44.3 Å². The summed E-state index contributed by atoms with van der Waals surface area (Å²) < 4.78 is 33.8. The van der Waals surface area contributed by atoms with Gasteiger partial charge in [0.05, 0.1) is 49.6 Å². The molecule has 34 heavy (non-hydrogen) atoms. The van der Waals surface area contributed by atoms with Crippen molar-refractivity contribution in [2.24, 2.45) is 4.99 Å². The summed E-state index contributed by atoms with van der Waals surface area (Å²) in [5, 5.41) is 23.3. The Bertz CT molecular complexity index is 1130. The quantitative estimate of drug-likeness (QED) is 0.608. The number of aliphatic imine (C=N–C) groups is 1. The molecule has 1 amide bonds. The molecule has 5 atom stereocenters. The van der Waals surface area contributed by atoms with Gasteiger partial charge >= 0.3 is 0 Å². The largest absolute Gasteiger partial charge is 0.388 e. The summed E-state index contributed by atoms with van der Waals surface area (Å²) in [6.07, 6.45) is -2.02. The Hall–Kier alpha value is -3.02. The van der Waals surface area contributed by atoms with Crippen LogP contribution in [0.4, 0.5) is 14.6 Å². The minimum atomic E-state index is -1.25. The number of fused-ring (bicyclic) bond motifs is 1. The lowest BCUT2D eigenvalue weighted by Crippen LogP contribution is -2.51. The van der Waals surface area contributed by atoms with Crippen LogP contribution in [0.3, 0.4) is 0 Å². The van der Waals surface area contributed by atoms with E-state index in [1.54, 1.807) is 13.0 Å². The number of carbonyl (C=O) groups is 1. The molecule has 0 radical (unpaired) electrons. The standard InChI is InChI=1S/C23H25F2N5O4/c1-11-2-12(4-13(24)3-11)17-5-14(25)7-30(17)23(33)20-19-15(6-26-20)27-10-28-22(19)29-16-8-34-9-18(31)21(16)32/h2-4,10,14,16-18,21,31-32H,5-9H2,1H3,(H,27,28,29)/t14-,16+,17+,18+,21-/m0/s1. The summed E-state index contributed by atoms with van der Waals surface area (Å²) in [5.74, 6) is -0.668. The number of carbonyl (C=O) groups excluding carboxylic acids is 1. The molecule has 9 nitrogen and oxygen atoms in total. The molecule has 2 fully saturated rings. The van der Waals surface area contributed by atoms with Crippen molar-refractivity contribution in [3.05, 3.63) is 52.7 Å². The summed E-state index contributed by atoms with van der Waals surface area (Å²) in [4.78, 5) is 27.8. The maximum Gasteiger partial charge on any atom is 0.273 e. The minimum Gasteiger partial charge on any atom is -0.388 e. The number of aliphatic hydroxyl groups is 2. The molecule has 2 saturated heterocycles. The monoisotopic (exact) mass is 473 g/mol. The zero-order valence-corrected chi connectivity index (χ0v) is 18.5. The number of hydrogen-bond acceptors (Lipinski definition) is 8. The number of alkyl halides is 1. The van der Waals surface area contributed by atoms with Gasteiger partial charge in [-0.1, -0.05) is 6.07 Å². The van der Waals surface area contributed by atoms with Crippen molar-refractivity contribution in [2.75, 3.05) is 25.1 Å². The van der Waals surface area contributed by atoms with Gasteiger partial charge in [-0.15, -0.1) is 0 Å². The van der Waals surface area contributed by atoms with Crippen LogP contribution in [0.2, 0.25) is 0 Å². The van der Waals surface area contributed by atoms with Crippen LogP contribution in [0.25, 0.3) is 0 Å². The molecule has 2 aromatic rings. The zero-order chi connectivity index (χ0) is 24.0. The van der Waals surface area contributed by atoms with Crippen LogP contribution in [0.5, 0.6) is 0 Å². The number of anilines is 1. The van der Waals surface area contributed by atoms with Crippen LogP contribution in [0.1, 0.15) is 34.8 Å². The molecule has 11 heteroatoms. The molecule has 3 aliphatic heterocycles. The van der Waals surface area contributed by atoms with Gasteiger partial charge in [-0.05, 0) is 30.2 Å². The molecule has 0 spiro atoms. The summed E-state index contributed by atoms with van der Waals surface area (Å²) in [6.45, 7) is 1.91. The number of nitrogens with one attached hydrogen (secondary N) is 1. The van der Waals surface area contributed by atoms with Gasteiger partial charge in [-0.2, -0.15) is 0 Å². The van der Waals surface area contributed by atoms with Gasteiger partial charge in [0.15, 0.2) is 0 Å². The van der Waals surface area contributed by atoms with E-state index in [1.807, 2.05) is 0 Å². The second kappa shape index (κ2) is 8.97. The van der Waals surface area contributed by atoms with E-state index in [9.17, 15) is 23.8 Å². The number of amides is 1. The Labute approximate surface area is 194 Å². The molecule has 180 valence electrons. The number of nitrogens with zero attached hydrogens (tertiary/aromatic N) is 4. The predicted octanol–water partition coefficient (Wildman–Crippen LogP) is 1.07. The first-order chi connectivity index (χ1) is 16.3. The Balaban J connectivity index is 1.44. The Morgan fingerprint density at radius 1 is 1.24 bits per heavy atom. The summed E-state index contributed by atoms with van der Waals surface area (Å²) in [6, 6.07) is 3.16. The maximum atomic E-state index is 14.5. The van der Waals surface area contributed by atoms with Crippen molar-refractivity contribution in [3.63, 3.8) is 0 Å². The van der Waals surface area contributed by atoms with Gasteiger partial charge in [0.25, 0.3) is 5.91 Å². The summed E-state index contributed by atoms with van der Waals surface area (Å²) in [7, 11) is 0. The molecule has 4 heterocycles. The number of aromatic nitrogens is 2. The molecule has 3 N–H and O–H groups in total. The van der Waals surface area contributed by atoms with Gasteiger partial charge in [-0.3, -0.25) is 9.79 Å². The topological polar surface area (TPSA) is 120 Å². The molecule has 1 aromatic carbocycles. The summed E-state index contributed by atoms with van der Waals surface area (Å²) in [5.41, 5.74) is 2.18. The number of benzene rings is 1. The molecule has 0 bridgehead atoms. The van der Waals surface area contributed by atoms with E-state index >= 15 is 0 Å². The molecule has 0 saturated carbocycles. The Kier molecular flexibility index (Phi) is 6.00. The first kappa shape index (κ1) is 22.8. The molecule has 0 unspecified atom stereocenters. The predicted molar refractivity (Wildman–Crippen MR) is 118 cm³/mol. The highest BCUT2D eigenvalue weighted by Gasteiger charge is 2.41. The third-order valence-electron chi connectivity index (χ3n) is 6.43. The van der Waals surface area contributed by atoms with Crippen LogP contribution < -0.4 is 5.32 Å². The van der Waals surface area contributed by atoms with E-state index in [2.05, 4.69) is 20.3 Å². The van der Waals surface area contributed by atoms with Crippen LogP contribution in [0.15, 0.2) is 29.5 Å². The maximum absolute atomic E-state index is 14.5. The number of likely N-dealkylation sites (tertiary alicyclic amines) is 1. The van der Waals surface area contributed by atoms with Crippen molar-refractivity contribution < 1.29 is 28.5 Å². The van der Waals surface area contributed by atoms with Gasteiger partial charge in [0, 0.05) is 6.42 Å². The van der Waals surface area contributed by atoms with Crippen molar-refractivity contribution in [1.82, 2.24) is 14.9 Å². The van der Waals surface area contributed by atoms with E-state index in [0.29, 0.717) is 22.4 Å². The first-order valence-corrected chi connectivity index (χ1v) is 11.1. The van der Waals surface area contributed by atoms with Crippen LogP contribution >= 0.6 is 0 Å². The highest BCUT2D eigenvalue weighted by Crippen LogP contribution is 2.36. The van der Waals surface area contributed by atoms with Crippen LogP contribution in [-0.4, -0.2) is 80.9 Å². The Morgan fingerprint density at radius 2 is 2.06 bits per heavy atom. The fourth-order valence-corrected chi connectivity index (χ4v) is 4.81. The van der Waals surface area contributed by atoms with Gasteiger partial charge in [0.1, 0.15) is 42.1 Å². The second-order valence-electron chi connectivity index (χ2n) is 8.92.